The van der Waals surface area contributed by atoms with Gasteiger partial charge in [-0.25, -0.2) is 0 Å². The van der Waals surface area contributed by atoms with Crippen LogP contribution in [0.2, 0.25) is 0 Å². The van der Waals surface area contributed by atoms with Crippen molar-refractivity contribution in [1.29, 1.82) is 0 Å². The molecule has 2 nitrogen and oxygen atoms in total. The minimum atomic E-state index is -4.06. The Balaban J connectivity index is 4.10. The molecule has 0 spiro atoms. The summed E-state index contributed by atoms with van der Waals surface area (Å²) in [5.41, 5.74) is 0. The normalized spacial score (nSPS) is 14.6. The third kappa shape index (κ3) is 8.44. The summed E-state index contributed by atoms with van der Waals surface area (Å²) in [6.07, 6.45) is -3.76. The zero-order valence-corrected chi connectivity index (χ0v) is 11.3. The van der Waals surface area contributed by atoms with Gasteiger partial charge in [0.2, 0.25) is 0 Å². The molecule has 104 valence electrons. The lowest BCUT2D eigenvalue weighted by Gasteiger charge is -2.31. The second-order valence-electron chi connectivity index (χ2n) is 4.86. The molecule has 0 radical (unpaired) electrons. The first kappa shape index (κ1) is 16.7. The number of alkyl halides is 3. The van der Waals surface area contributed by atoms with Gasteiger partial charge in [-0.15, -0.1) is 0 Å². The summed E-state index contributed by atoms with van der Waals surface area (Å²) in [6, 6.07) is 0.156. The van der Waals surface area contributed by atoms with Crippen LogP contribution < -0.4 is 5.32 Å². The number of hydrogen-bond acceptors (Lipinski definition) is 2. The SMILES string of the molecule is CCCNCC(C(C)C)N(C)CCC(F)(F)F. The molecule has 0 saturated heterocycles. The molecular weight excluding hydrogens is 229 g/mol. The highest BCUT2D eigenvalue weighted by Gasteiger charge is 2.29. The van der Waals surface area contributed by atoms with Gasteiger partial charge in [-0.1, -0.05) is 20.8 Å². The summed E-state index contributed by atoms with van der Waals surface area (Å²) in [5.74, 6) is 0.345. The van der Waals surface area contributed by atoms with E-state index in [1.165, 1.54) is 0 Å². The molecule has 0 aromatic carbocycles. The number of nitrogens with zero attached hydrogens (tertiary/aromatic N) is 1. The first-order chi connectivity index (χ1) is 7.78. The third-order valence-electron chi connectivity index (χ3n) is 2.86. The number of nitrogens with one attached hydrogen (secondary N) is 1. The Bertz CT molecular complexity index is 193. The molecule has 0 aliphatic heterocycles. The van der Waals surface area contributed by atoms with Crippen molar-refractivity contribution in [3.05, 3.63) is 0 Å². The zero-order valence-electron chi connectivity index (χ0n) is 11.3. The van der Waals surface area contributed by atoms with E-state index in [0.717, 1.165) is 19.5 Å². The van der Waals surface area contributed by atoms with Crippen LogP contribution in [-0.4, -0.2) is 43.8 Å². The Hall–Kier alpha value is -0.290. The Kier molecular flexibility index (Phi) is 7.79. The van der Waals surface area contributed by atoms with E-state index < -0.39 is 12.6 Å². The van der Waals surface area contributed by atoms with Crippen LogP contribution in [0.15, 0.2) is 0 Å². The van der Waals surface area contributed by atoms with Gasteiger partial charge in [0.05, 0.1) is 6.42 Å². The molecule has 0 amide bonds. The molecule has 1 N–H and O–H groups in total. The third-order valence-corrected chi connectivity index (χ3v) is 2.86. The van der Waals surface area contributed by atoms with E-state index in [2.05, 4.69) is 12.2 Å². The van der Waals surface area contributed by atoms with Crippen LogP contribution in [0.25, 0.3) is 0 Å². The van der Waals surface area contributed by atoms with Gasteiger partial charge in [-0.2, -0.15) is 13.2 Å². The van der Waals surface area contributed by atoms with E-state index in [9.17, 15) is 13.2 Å². The molecule has 0 aliphatic rings. The average Bonchev–Trinajstić information content (AvgIpc) is 2.19. The number of rotatable bonds is 8. The summed E-state index contributed by atoms with van der Waals surface area (Å²) >= 11 is 0. The summed E-state index contributed by atoms with van der Waals surface area (Å²) in [4.78, 5) is 1.81. The zero-order chi connectivity index (χ0) is 13.5. The minimum absolute atomic E-state index is 0.0696. The van der Waals surface area contributed by atoms with Crippen molar-refractivity contribution < 1.29 is 13.2 Å². The Morgan fingerprint density at radius 3 is 2.24 bits per heavy atom. The maximum atomic E-state index is 12.1. The van der Waals surface area contributed by atoms with Gasteiger partial charge in [-0.3, -0.25) is 0 Å². The van der Waals surface area contributed by atoms with Crippen molar-refractivity contribution in [3.63, 3.8) is 0 Å². The van der Waals surface area contributed by atoms with Gasteiger partial charge in [0.15, 0.2) is 0 Å². The second-order valence-corrected chi connectivity index (χ2v) is 4.86. The molecular formula is C12H25F3N2. The predicted molar refractivity (Wildman–Crippen MR) is 65.1 cm³/mol. The molecule has 1 unspecified atom stereocenters. The maximum absolute atomic E-state index is 12.1. The monoisotopic (exact) mass is 254 g/mol. The Morgan fingerprint density at radius 2 is 1.82 bits per heavy atom. The van der Waals surface area contributed by atoms with Gasteiger partial charge < -0.3 is 10.2 Å². The van der Waals surface area contributed by atoms with Crippen molar-refractivity contribution in [2.45, 2.75) is 45.8 Å². The largest absolute Gasteiger partial charge is 0.390 e. The fraction of sp³-hybridized carbons (Fsp3) is 1.00. The van der Waals surface area contributed by atoms with E-state index in [4.69, 9.17) is 0 Å². The lowest BCUT2D eigenvalue weighted by atomic mass is 10.0. The summed E-state index contributed by atoms with van der Waals surface area (Å²) in [5, 5.41) is 3.27. The standard InChI is InChI=1S/C12H25F3N2/c1-5-7-16-9-11(10(2)3)17(4)8-6-12(13,14)15/h10-11,16H,5-9H2,1-4H3. The number of halogens is 3. The highest BCUT2D eigenvalue weighted by atomic mass is 19.4. The van der Waals surface area contributed by atoms with Crippen LogP contribution in [0.5, 0.6) is 0 Å². The van der Waals surface area contributed by atoms with Crippen LogP contribution in [-0.2, 0) is 0 Å². The van der Waals surface area contributed by atoms with E-state index in [-0.39, 0.29) is 12.6 Å². The molecule has 5 heteroatoms. The molecule has 0 rings (SSSR count). The van der Waals surface area contributed by atoms with Crippen LogP contribution >= 0.6 is 0 Å². The lowest BCUT2D eigenvalue weighted by molar-refractivity contribution is -0.138. The van der Waals surface area contributed by atoms with Gasteiger partial charge in [0.1, 0.15) is 0 Å². The molecule has 1 atom stereocenters. The number of hydrogen-bond donors (Lipinski definition) is 1. The smallest absolute Gasteiger partial charge is 0.315 e. The van der Waals surface area contributed by atoms with Crippen LogP contribution in [0.4, 0.5) is 13.2 Å². The number of likely N-dealkylation sites (N-methyl/N-ethyl adjacent to an activating group) is 1. The molecule has 0 bridgehead atoms. The molecule has 0 aromatic rings. The van der Waals surface area contributed by atoms with Crippen molar-refractivity contribution >= 4 is 0 Å². The van der Waals surface area contributed by atoms with Crippen LogP contribution in [0, 0.1) is 5.92 Å². The van der Waals surface area contributed by atoms with E-state index in [1.54, 1.807) is 11.9 Å². The van der Waals surface area contributed by atoms with E-state index in [1.807, 2.05) is 13.8 Å². The molecule has 0 fully saturated rings. The van der Waals surface area contributed by atoms with Gasteiger partial charge in [0, 0.05) is 19.1 Å². The van der Waals surface area contributed by atoms with Crippen molar-refractivity contribution in [3.8, 4) is 0 Å². The first-order valence-electron chi connectivity index (χ1n) is 6.25. The van der Waals surface area contributed by atoms with Crippen molar-refractivity contribution in [1.82, 2.24) is 10.2 Å². The fourth-order valence-corrected chi connectivity index (χ4v) is 1.80. The molecule has 17 heavy (non-hydrogen) atoms. The van der Waals surface area contributed by atoms with Gasteiger partial charge >= 0.3 is 6.18 Å². The second kappa shape index (κ2) is 7.93. The molecule has 0 saturated carbocycles. The highest BCUT2D eigenvalue weighted by molar-refractivity contribution is 4.75. The summed E-state index contributed by atoms with van der Waals surface area (Å²) in [7, 11) is 1.77. The van der Waals surface area contributed by atoms with Crippen LogP contribution in [0.3, 0.4) is 0 Å². The lowest BCUT2D eigenvalue weighted by Crippen LogP contribution is -2.44. The maximum Gasteiger partial charge on any atom is 0.390 e. The molecule has 0 aromatic heterocycles. The Labute approximate surface area is 103 Å². The van der Waals surface area contributed by atoms with Crippen LogP contribution in [0.1, 0.15) is 33.6 Å². The fourth-order valence-electron chi connectivity index (χ4n) is 1.80. The van der Waals surface area contributed by atoms with Crippen molar-refractivity contribution in [2.24, 2.45) is 5.92 Å². The summed E-state index contributed by atoms with van der Waals surface area (Å²) in [6.45, 7) is 7.89. The quantitative estimate of drug-likeness (QED) is 0.670. The minimum Gasteiger partial charge on any atom is -0.315 e. The Morgan fingerprint density at radius 1 is 1.24 bits per heavy atom. The van der Waals surface area contributed by atoms with Gasteiger partial charge in [-0.05, 0) is 25.9 Å². The summed E-state index contributed by atoms with van der Waals surface area (Å²) < 4.78 is 36.4. The molecule has 0 heterocycles. The first-order valence-corrected chi connectivity index (χ1v) is 6.25. The topological polar surface area (TPSA) is 15.3 Å². The predicted octanol–water partition coefficient (Wildman–Crippen LogP) is 2.89. The highest BCUT2D eigenvalue weighted by Crippen LogP contribution is 2.20. The van der Waals surface area contributed by atoms with E-state index in [0.29, 0.717) is 5.92 Å². The average molecular weight is 254 g/mol. The molecule has 0 aliphatic carbocycles. The van der Waals surface area contributed by atoms with Crippen molar-refractivity contribution in [2.75, 3.05) is 26.7 Å². The van der Waals surface area contributed by atoms with Gasteiger partial charge in [0.25, 0.3) is 0 Å². The van der Waals surface area contributed by atoms with E-state index >= 15 is 0 Å².